The number of aliphatic hydroxyl groups excluding tert-OH is 1. The first kappa shape index (κ1) is 84.1. The number of quaternary nitrogens is 6. The smallest absolute Gasteiger partial charge is 0.340 e. The number of aliphatic imine (C=N–C) groups is 3. The normalized spacial score (nSPS) is 18.7. The van der Waals surface area contributed by atoms with E-state index in [9.17, 15) is 19.5 Å². The summed E-state index contributed by atoms with van der Waals surface area (Å²) in [5, 5.41) is 15.6. The number of carbonyl (C=O) groups excluding carboxylic acids is 3. The van der Waals surface area contributed by atoms with Crippen LogP contribution in [0.5, 0.6) is 0 Å². The predicted octanol–water partition coefficient (Wildman–Crippen LogP) is -11.8. The van der Waals surface area contributed by atoms with E-state index in [1.54, 1.807) is 6.08 Å². The van der Waals surface area contributed by atoms with Gasteiger partial charge in [-0.15, -0.1) is 0 Å². The number of hydrogen-bond donors (Lipinski definition) is 2. The highest BCUT2D eigenvalue weighted by atomic mass is 127. The van der Waals surface area contributed by atoms with Gasteiger partial charge in [0.15, 0.2) is 0 Å². The largest absolute Gasteiger partial charge is 1.00 e. The zero-order valence-electron chi connectivity index (χ0n) is 55.0. The van der Waals surface area contributed by atoms with Gasteiger partial charge < -0.3 is 195 Å². The molecule has 0 spiro atoms. The number of nitrogens with one attached hydrogen (secondary N) is 1. The molecule has 5 aliphatic heterocycles. The zero-order valence-corrected chi connectivity index (χ0v) is 67.9. The maximum atomic E-state index is 14.9. The summed E-state index contributed by atoms with van der Waals surface area (Å²) in [6.07, 6.45) is 7.05. The van der Waals surface area contributed by atoms with E-state index in [2.05, 4.69) is 139 Å². The minimum absolute atomic E-state index is 0. The fourth-order valence-corrected chi connectivity index (χ4v) is 12.6. The molecule has 0 amide bonds. The topological polar surface area (TPSA) is 148 Å². The molecule has 1 fully saturated rings. The van der Waals surface area contributed by atoms with E-state index >= 15 is 0 Å². The molecule has 0 aromatic heterocycles. The molecule has 0 saturated carbocycles. The van der Waals surface area contributed by atoms with Gasteiger partial charge in [0, 0.05) is 47.2 Å². The molecule has 484 valence electrons. The van der Waals surface area contributed by atoms with Crippen molar-refractivity contribution in [1.82, 2.24) is 5.32 Å². The third kappa shape index (κ3) is 23.9. The number of rotatable bonds is 24. The Morgan fingerprint density at radius 1 is 0.576 bits per heavy atom. The summed E-state index contributed by atoms with van der Waals surface area (Å²) in [6, 6.07) is 0. The molecule has 23 heteroatoms. The van der Waals surface area contributed by atoms with Gasteiger partial charge in [-0.1, -0.05) is 13.8 Å². The van der Waals surface area contributed by atoms with Crippen molar-refractivity contribution >= 4 is 35.0 Å². The van der Waals surface area contributed by atoms with Crippen LogP contribution in [0.1, 0.15) is 53.4 Å². The lowest BCUT2D eigenvalue weighted by molar-refractivity contribution is -0.896. The molecular formula is C62H102I6N10O7. The van der Waals surface area contributed by atoms with Crippen molar-refractivity contribution in [3.8, 4) is 0 Å². The molecule has 0 aromatic rings. The van der Waals surface area contributed by atoms with E-state index in [1.807, 2.05) is 32.9 Å². The number of aliphatic hydroxyl groups is 1. The SMILES string of the molecule is CCC1=C(C(=O)OCC(C[N+](C)(C)C)C[N+](C)(C)C)C2=NC1=CC1=C(C)C3=C(O)CC(=C4NC(=CC5=NC(=C2)C(C(=O)OCC(C[N+](C)(C)C)C[N+](C)(C)C)=C5C)[C@@H](C)[C@@H]4CCC(=O)OCC(C[N+](C)(C)C)C[N+](C)(C)C)C3=N1.[I-].[I-].[I-].[I-].[I-].[I-]. The van der Waals surface area contributed by atoms with Crippen LogP contribution in [-0.2, 0) is 28.6 Å². The Hall–Kier alpha value is -0.920. The fraction of sp³-hybridized carbons (Fsp3) is 0.645. The Kier molecular flexibility index (Phi) is 32.7. The van der Waals surface area contributed by atoms with Gasteiger partial charge >= 0.3 is 17.9 Å². The Morgan fingerprint density at radius 3 is 1.44 bits per heavy atom. The van der Waals surface area contributed by atoms with Crippen molar-refractivity contribution in [3.05, 3.63) is 91.5 Å². The molecule has 6 aliphatic rings. The highest BCUT2D eigenvalue weighted by Gasteiger charge is 2.43. The summed E-state index contributed by atoms with van der Waals surface area (Å²) >= 11 is 0. The van der Waals surface area contributed by atoms with Crippen LogP contribution < -0.4 is 149 Å². The van der Waals surface area contributed by atoms with Gasteiger partial charge in [-0.25, -0.2) is 24.6 Å². The molecule has 5 heterocycles. The number of halogens is 6. The number of fused-ring (bicyclic) bond motifs is 5. The van der Waals surface area contributed by atoms with E-state index in [0.717, 1.165) is 70.8 Å². The second-order valence-electron chi connectivity index (χ2n) is 29.6. The zero-order chi connectivity index (χ0) is 59.1. The molecule has 1 aliphatic carbocycles. The van der Waals surface area contributed by atoms with Crippen molar-refractivity contribution in [2.75, 3.05) is 186 Å². The first-order valence-electron chi connectivity index (χ1n) is 28.5. The molecule has 0 radical (unpaired) electrons. The lowest BCUT2D eigenvalue weighted by Gasteiger charge is -2.33. The van der Waals surface area contributed by atoms with Crippen LogP contribution in [0.15, 0.2) is 106 Å². The average Bonchev–Trinajstić information content (AvgIpc) is 4.04. The second-order valence-corrected chi connectivity index (χ2v) is 29.6. The maximum Gasteiger partial charge on any atom is 0.340 e. The minimum Gasteiger partial charge on any atom is -1.00 e. The maximum absolute atomic E-state index is 14.9. The lowest BCUT2D eigenvalue weighted by atomic mass is 9.86. The van der Waals surface area contributed by atoms with Crippen LogP contribution in [0.3, 0.4) is 0 Å². The number of nitrogens with zero attached hydrogens (tertiary/aromatic N) is 9. The number of esters is 3. The standard InChI is InChI=1S/C62H100N10O7.6HI/c1-23-45-51-28-50-41(4)57-54(73)26-47(60(57)66-50)59-46(24-25-55(74)77-36-42(30-67(5,6)7)31-68(8,9)10)39(2)48(65-59)27-49-40(3)56(61(75)78-37-43(32-69(11,12)13)33-70(14,15)16)52(63-49)29-53(64-51)58(45)62(76)79-38-44(34-71(17,18)19)35-72(20,21)22;;;;;;/h27-29,39,42-44,46H,23-26,30-38H2,1-22H3;6*1H/q+4;;;;;;/p-4/t39-,46-;;;;;;/m0....../s1. The third-order valence-corrected chi connectivity index (χ3v) is 15.1. The number of allylic oxidation sites excluding steroid dienone is 10. The monoisotopic (exact) mass is 1860 g/mol. The molecule has 0 aromatic carbocycles. The van der Waals surface area contributed by atoms with E-state index in [1.165, 1.54) is 0 Å². The molecule has 0 unspecified atom stereocenters. The number of carbonyl (C=O) groups is 3. The van der Waals surface area contributed by atoms with E-state index in [4.69, 9.17) is 29.2 Å². The van der Waals surface area contributed by atoms with Crippen molar-refractivity contribution in [3.63, 3.8) is 0 Å². The van der Waals surface area contributed by atoms with Gasteiger partial charge in [-0.3, -0.25) is 4.79 Å². The minimum atomic E-state index is -0.502. The summed E-state index contributed by atoms with van der Waals surface area (Å²) in [5.74, 6) is -1.01. The van der Waals surface area contributed by atoms with Crippen LogP contribution in [0.4, 0.5) is 0 Å². The summed E-state index contributed by atoms with van der Waals surface area (Å²) in [4.78, 5) is 59.4. The highest BCUT2D eigenvalue weighted by molar-refractivity contribution is 6.29. The predicted molar refractivity (Wildman–Crippen MR) is 316 cm³/mol. The van der Waals surface area contributed by atoms with Crippen LogP contribution in [-0.4, -0.2) is 253 Å². The number of hydrogen-bond acceptors (Lipinski definition) is 11. The van der Waals surface area contributed by atoms with E-state index in [-0.39, 0.29) is 211 Å². The van der Waals surface area contributed by atoms with Crippen LogP contribution in [0, 0.1) is 29.6 Å². The molecule has 85 heavy (non-hydrogen) atoms. The number of ether oxygens (including phenoxy) is 3. The summed E-state index contributed by atoms with van der Waals surface area (Å²) in [5.41, 5.74) is 9.10. The second kappa shape index (κ2) is 33.1. The van der Waals surface area contributed by atoms with Crippen LogP contribution in [0.25, 0.3) is 0 Å². The average molecular weight is 1860 g/mol. The molecule has 6 rings (SSSR count). The Morgan fingerprint density at radius 2 is 1.00 bits per heavy atom. The Balaban J connectivity index is 0.0000118. The third-order valence-electron chi connectivity index (χ3n) is 15.1. The van der Waals surface area contributed by atoms with Crippen molar-refractivity contribution in [2.45, 2.75) is 53.4 Å². The van der Waals surface area contributed by atoms with Crippen LogP contribution in [0.2, 0.25) is 0 Å². The Labute approximate surface area is 613 Å². The van der Waals surface area contributed by atoms with Crippen molar-refractivity contribution in [1.29, 1.82) is 0 Å². The molecular weight excluding hydrogens is 1760 g/mol. The van der Waals surface area contributed by atoms with Gasteiger partial charge in [-0.2, -0.15) is 0 Å². The van der Waals surface area contributed by atoms with Gasteiger partial charge in [0.2, 0.25) is 0 Å². The lowest BCUT2D eigenvalue weighted by Crippen LogP contribution is -3.00. The van der Waals surface area contributed by atoms with Gasteiger partial charge in [-0.05, 0) is 61.6 Å². The highest BCUT2D eigenvalue weighted by Crippen LogP contribution is 2.47. The quantitative estimate of drug-likeness (QED) is 0.0420. The molecule has 17 nitrogen and oxygen atoms in total. The van der Waals surface area contributed by atoms with Gasteiger partial charge in [0.1, 0.15) is 25.6 Å². The fourth-order valence-electron chi connectivity index (χ4n) is 12.6. The molecule has 8 bridgehead atoms. The first-order valence-corrected chi connectivity index (χ1v) is 28.5. The van der Waals surface area contributed by atoms with Crippen LogP contribution >= 0.6 is 0 Å². The van der Waals surface area contributed by atoms with Crippen molar-refractivity contribution < 1.29 is 204 Å². The molecule has 1 saturated heterocycles. The van der Waals surface area contributed by atoms with Gasteiger partial charge in [0.05, 0.1) is 229 Å². The van der Waals surface area contributed by atoms with Crippen molar-refractivity contribution in [2.24, 2.45) is 44.6 Å². The van der Waals surface area contributed by atoms with E-state index in [0.29, 0.717) is 99.5 Å². The summed E-state index contributed by atoms with van der Waals surface area (Å²) in [6.45, 7) is 13.7. The van der Waals surface area contributed by atoms with E-state index < -0.39 is 11.9 Å². The summed E-state index contributed by atoms with van der Waals surface area (Å²) < 4.78 is 23.2. The summed E-state index contributed by atoms with van der Waals surface area (Å²) in [7, 11) is 38.8. The first-order chi connectivity index (χ1) is 36.2. The molecule has 2 N–H and O–H groups in total. The molecule has 2 atom stereocenters. The van der Waals surface area contributed by atoms with Gasteiger partial charge in [0.25, 0.3) is 0 Å². The Bertz CT molecular complexity index is 2770.